The van der Waals surface area contributed by atoms with Crippen LogP contribution in [0.4, 0.5) is 4.79 Å². The van der Waals surface area contributed by atoms with Gasteiger partial charge < -0.3 is 14.9 Å². The van der Waals surface area contributed by atoms with Crippen molar-refractivity contribution < 1.29 is 14.7 Å². The predicted molar refractivity (Wildman–Crippen MR) is 114 cm³/mol. The first-order valence-electron chi connectivity index (χ1n) is 9.50. The number of halogens is 2. The fourth-order valence-corrected chi connectivity index (χ4v) is 3.96. The van der Waals surface area contributed by atoms with Crippen LogP contribution in [0.25, 0.3) is 6.08 Å². The molecule has 1 N–H and O–H groups in total. The Labute approximate surface area is 176 Å². The van der Waals surface area contributed by atoms with E-state index in [1.807, 2.05) is 25.7 Å². The van der Waals surface area contributed by atoms with Gasteiger partial charge in [0.05, 0.1) is 0 Å². The van der Waals surface area contributed by atoms with Crippen molar-refractivity contribution in [1.82, 2.24) is 9.80 Å². The summed E-state index contributed by atoms with van der Waals surface area (Å²) >= 11 is 12.0. The molecule has 1 aliphatic heterocycles. The molecular formula is C21H28Cl2N2O3. The number of carbonyl (C=O) groups excluding carboxylic acids is 1. The zero-order valence-electron chi connectivity index (χ0n) is 16.6. The Kier molecular flexibility index (Phi) is 7.79. The summed E-state index contributed by atoms with van der Waals surface area (Å²) in [5.74, 6) is 0.403. The number of benzene rings is 1. The minimum atomic E-state index is -0.883. The van der Waals surface area contributed by atoms with Gasteiger partial charge in [0.1, 0.15) is 0 Å². The number of hydrogen-bond donors (Lipinski definition) is 1. The van der Waals surface area contributed by atoms with Gasteiger partial charge in [-0.25, -0.2) is 4.79 Å². The number of carboxylic acid groups (broad SMARTS) is 1. The maximum atomic E-state index is 12.4. The Bertz CT molecular complexity index is 715. The Hall–Kier alpha value is -1.72. The highest BCUT2D eigenvalue weighted by molar-refractivity contribution is 6.34. The Morgan fingerprint density at radius 1 is 1.18 bits per heavy atom. The minimum Gasteiger partial charge on any atom is -0.465 e. The third-order valence-corrected chi connectivity index (χ3v) is 5.47. The van der Waals surface area contributed by atoms with Crippen LogP contribution in [0.1, 0.15) is 45.6 Å². The number of piperidine rings is 1. The van der Waals surface area contributed by atoms with E-state index in [4.69, 9.17) is 23.2 Å². The summed E-state index contributed by atoms with van der Waals surface area (Å²) in [6, 6.07) is 5.16. The van der Waals surface area contributed by atoms with Crippen molar-refractivity contribution in [3.63, 3.8) is 0 Å². The number of hydrogen-bond acceptors (Lipinski definition) is 2. The van der Waals surface area contributed by atoms with Crippen molar-refractivity contribution in [3.8, 4) is 0 Å². The molecule has 0 aliphatic carbocycles. The molecule has 1 aliphatic rings. The first kappa shape index (κ1) is 22.6. The van der Waals surface area contributed by atoms with Crippen LogP contribution in [-0.2, 0) is 4.79 Å². The molecule has 0 saturated carbocycles. The second kappa shape index (κ2) is 9.66. The van der Waals surface area contributed by atoms with Gasteiger partial charge in [-0.3, -0.25) is 4.79 Å². The Balaban J connectivity index is 1.83. The fraction of sp³-hybridized carbons (Fsp3) is 0.524. The van der Waals surface area contributed by atoms with Crippen LogP contribution in [0.2, 0.25) is 10.0 Å². The maximum absolute atomic E-state index is 12.4. The molecule has 1 aromatic rings. The van der Waals surface area contributed by atoms with Gasteiger partial charge in [-0.15, -0.1) is 0 Å². The molecule has 1 saturated heterocycles. The molecule has 1 fully saturated rings. The molecule has 0 aromatic heterocycles. The SMILES string of the molecule is CC(C)(C)N(CCC1CCN(C(=O)/C=C/c2cc(Cl)cc(Cl)c2)CC1)C(=O)O. The third-order valence-electron chi connectivity index (χ3n) is 5.03. The number of amides is 2. The molecule has 28 heavy (non-hydrogen) atoms. The van der Waals surface area contributed by atoms with Gasteiger partial charge in [0.15, 0.2) is 0 Å². The molecule has 5 nitrogen and oxygen atoms in total. The molecule has 0 atom stereocenters. The fourth-order valence-electron chi connectivity index (χ4n) is 3.42. The van der Waals surface area contributed by atoms with Gasteiger partial charge in [-0.2, -0.15) is 0 Å². The van der Waals surface area contributed by atoms with Crippen LogP contribution in [0, 0.1) is 5.92 Å². The Morgan fingerprint density at radius 3 is 2.25 bits per heavy atom. The summed E-state index contributed by atoms with van der Waals surface area (Å²) in [5.41, 5.74) is 0.382. The van der Waals surface area contributed by atoms with Crippen molar-refractivity contribution >= 4 is 41.3 Å². The molecule has 2 amide bonds. The number of nitrogens with zero attached hydrogens (tertiary/aromatic N) is 2. The standard InChI is InChI=1S/C21H28Cl2N2O3/c1-21(2,3)25(20(27)28)11-8-15-6-9-24(10-7-15)19(26)5-4-16-12-17(22)14-18(23)13-16/h4-5,12-15H,6-11H2,1-3H3,(H,27,28)/b5-4+. The molecule has 1 aromatic carbocycles. The first-order chi connectivity index (χ1) is 13.1. The predicted octanol–water partition coefficient (Wildman–Crippen LogP) is 5.41. The number of carbonyl (C=O) groups is 2. The minimum absolute atomic E-state index is 0.0311. The van der Waals surface area contributed by atoms with Crippen LogP contribution in [0.5, 0.6) is 0 Å². The van der Waals surface area contributed by atoms with E-state index in [2.05, 4.69) is 0 Å². The van der Waals surface area contributed by atoms with Crippen molar-refractivity contribution in [2.75, 3.05) is 19.6 Å². The Morgan fingerprint density at radius 2 is 1.75 bits per heavy atom. The van der Waals surface area contributed by atoms with E-state index in [0.29, 0.717) is 35.6 Å². The van der Waals surface area contributed by atoms with Crippen LogP contribution in [0.3, 0.4) is 0 Å². The molecular weight excluding hydrogens is 399 g/mol. The van der Waals surface area contributed by atoms with E-state index in [1.54, 1.807) is 30.4 Å². The van der Waals surface area contributed by atoms with Gasteiger partial charge in [0.2, 0.25) is 5.91 Å². The summed E-state index contributed by atoms with van der Waals surface area (Å²) in [6.07, 6.45) is 4.99. The zero-order chi connectivity index (χ0) is 20.9. The van der Waals surface area contributed by atoms with Crippen LogP contribution < -0.4 is 0 Å². The highest BCUT2D eigenvalue weighted by Crippen LogP contribution is 2.24. The summed E-state index contributed by atoms with van der Waals surface area (Å²) in [4.78, 5) is 27.2. The van der Waals surface area contributed by atoms with Crippen molar-refractivity contribution in [2.45, 2.75) is 45.6 Å². The highest BCUT2D eigenvalue weighted by atomic mass is 35.5. The lowest BCUT2D eigenvalue weighted by atomic mass is 9.92. The van der Waals surface area contributed by atoms with E-state index in [9.17, 15) is 14.7 Å². The second-order valence-corrected chi connectivity index (χ2v) is 9.07. The van der Waals surface area contributed by atoms with Gasteiger partial charge >= 0.3 is 6.09 Å². The number of rotatable bonds is 5. The third kappa shape index (κ3) is 6.71. The van der Waals surface area contributed by atoms with Crippen molar-refractivity contribution in [2.24, 2.45) is 5.92 Å². The van der Waals surface area contributed by atoms with Gasteiger partial charge in [-0.1, -0.05) is 23.2 Å². The molecule has 2 rings (SSSR count). The largest absolute Gasteiger partial charge is 0.465 e. The monoisotopic (exact) mass is 426 g/mol. The molecule has 7 heteroatoms. The van der Waals surface area contributed by atoms with Crippen molar-refractivity contribution in [1.29, 1.82) is 0 Å². The summed E-state index contributed by atoms with van der Waals surface area (Å²) in [5, 5.41) is 10.5. The molecule has 0 spiro atoms. The van der Waals surface area contributed by atoms with Crippen molar-refractivity contribution in [3.05, 3.63) is 39.9 Å². The van der Waals surface area contributed by atoms with Crippen LogP contribution in [-0.4, -0.2) is 52.1 Å². The maximum Gasteiger partial charge on any atom is 0.407 e. The molecule has 0 unspecified atom stereocenters. The summed E-state index contributed by atoms with van der Waals surface area (Å²) in [6.45, 7) is 7.61. The topological polar surface area (TPSA) is 60.9 Å². The molecule has 154 valence electrons. The van der Waals surface area contributed by atoms with Gasteiger partial charge in [0.25, 0.3) is 0 Å². The second-order valence-electron chi connectivity index (χ2n) is 8.20. The smallest absolute Gasteiger partial charge is 0.407 e. The van der Waals surface area contributed by atoms with E-state index in [0.717, 1.165) is 24.8 Å². The lowest BCUT2D eigenvalue weighted by Gasteiger charge is -2.36. The van der Waals surface area contributed by atoms with E-state index in [-0.39, 0.29) is 5.91 Å². The molecule has 0 radical (unpaired) electrons. The lowest BCUT2D eigenvalue weighted by Crippen LogP contribution is -2.46. The van der Waals surface area contributed by atoms with E-state index >= 15 is 0 Å². The van der Waals surface area contributed by atoms with Crippen LogP contribution >= 0.6 is 23.2 Å². The van der Waals surface area contributed by atoms with Gasteiger partial charge in [-0.05, 0) is 75.8 Å². The molecule has 0 bridgehead atoms. The zero-order valence-corrected chi connectivity index (χ0v) is 18.1. The first-order valence-corrected chi connectivity index (χ1v) is 10.3. The van der Waals surface area contributed by atoms with Gasteiger partial charge in [0, 0.05) is 41.3 Å². The average molecular weight is 427 g/mol. The lowest BCUT2D eigenvalue weighted by molar-refractivity contribution is -0.127. The van der Waals surface area contributed by atoms with Crippen LogP contribution in [0.15, 0.2) is 24.3 Å². The highest BCUT2D eigenvalue weighted by Gasteiger charge is 2.28. The normalized spacial score (nSPS) is 15.8. The quantitative estimate of drug-likeness (QED) is 0.639. The van der Waals surface area contributed by atoms with E-state index < -0.39 is 11.6 Å². The molecule has 1 heterocycles. The number of likely N-dealkylation sites (tertiary alicyclic amines) is 1. The van der Waals surface area contributed by atoms with E-state index in [1.165, 1.54) is 4.90 Å². The summed E-state index contributed by atoms with van der Waals surface area (Å²) in [7, 11) is 0. The summed E-state index contributed by atoms with van der Waals surface area (Å²) < 4.78 is 0. The average Bonchev–Trinajstić information content (AvgIpc) is 2.58.